The minimum atomic E-state index is -4.36. The fourth-order valence-electron chi connectivity index (χ4n) is 10.0. The fourth-order valence-corrected chi connectivity index (χ4v) is 11.3. The minimum Gasteiger partial charge on any atom is -0.490 e. The van der Waals surface area contributed by atoms with Crippen LogP contribution in [0.4, 0.5) is 24.5 Å². The lowest BCUT2D eigenvalue weighted by atomic mass is 9.86. The molecule has 67 heavy (non-hydrogen) atoms. The number of benzene rings is 3. The molecule has 0 spiro atoms. The normalized spacial score (nSPS) is 22.6. The number of hydrogen-bond acceptors (Lipinski definition) is 10. The van der Waals surface area contributed by atoms with Crippen LogP contribution in [0.25, 0.3) is 22.2 Å². The summed E-state index contributed by atoms with van der Waals surface area (Å²) in [6.45, 7) is 2.69. The van der Waals surface area contributed by atoms with Gasteiger partial charge in [0.05, 0.1) is 11.3 Å². The number of halogens is 3. The van der Waals surface area contributed by atoms with Crippen LogP contribution in [0.1, 0.15) is 76.8 Å². The monoisotopic (exact) mass is 938 g/mol. The van der Waals surface area contributed by atoms with Gasteiger partial charge >= 0.3 is 10.2 Å². The molecule has 1 unspecified atom stereocenters. The van der Waals surface area contributed by atoms with Crippen molar-refractivity contribution in [3.63, 3.8) is 0 Å². The van der Waals surface area contributed by atoms with Gasteiger partial charge in [0.25, 0.3) is 5.91 Å². The van der Waals surface area contributed by atoms with Gasteiger partial charge in [0, 0.05) is 105 Å². The molecule has 3 aromatic carbocycles. The van der Waals surface area contributed by atoms with E-state index in [9.17, 15) is 32.0 Å². The Morgan fingerprint density at radius 1 is 0.955 bits per heavy atom. The zero-order valence-electron chi connectivity index (χ0n) is 36.6. The number of fused-ring (bicyclic) bond motifs is 2. The van der Waals surface area contributed by atoms with Crippen LogP contribution < -0.4 is 19.7 Å². The number of aromatic amines is 1. The van der Waals surface area contributed by atoms with Crippen LogP contribution in [0.15, 0.2) is 73.1 Å². The predicted octanol–water partition coefficient (Wildman–Crippen LogP) is 5.96. The lowest BCUT2D eigenvalue weighted by Gasteiger charge is -2.43. The molecule has 4 fully saturated rings. The number of ketones is 1. The van der Waals surface area contributed by atoms with Crippen molar-refractivity contribution in [2.75, 3.05) is 49.4 Å². The molecule has 5 aliphatic rings. The van der Waals surface area contributed by atoms with Crippen molar-refractivity contribution in [1.82, 2.24) is 29.4 Å². The molecule has 1 saturated carbocycles. The van der Waals surface area contributed by atoms with Gasteiger partial charge in [-0.3, -0.25) is 29.2 Å². The van der Waals surface area contributed by atoms with Crippen LogP contribution in [0.2, 0.25) is 0 Å². The molecule has 2 aromatic heterocycles. The third-order valence-electron chi connectivity index (χ3n) is 14.0. The molecule has 6 heterocycles. The molecule has 350 valence electrons. The molecule has 15 nitrogen and oxygen atoms in total. The van der Waals surface area contributed by atoms with Gasteiger partial charge in [-0.2, -0.15) is 12.7 Å². The number of imide groups is 1. The smallest absolute Gasteiger partial charge is 0.301 e. The predicted molar refractivity (Wildman–Crippen MR) is 242 cm³/mol. The van der Waals surface area contributed by atoms with E-state index in [1.165, 1.54) is 6.20 Å². The molecule has 19 heteroatoms. The highest BCUT2D eigenvalue weighted by atomic mass is 32.2. The van der Waals surface area contributed by atoms with E-state index in [1.54, 1.807) is 17.2 Å². The Bertz CT molecular complexity index is 2900. The molecule has 10 rings (SSSR count). The second-order valence-corrected chi connectivity index (χ2v) is 20.0. The largest absolute Gasteiger partial charge is 0.490 e. The number of piperidine rings is 2. The summed E-state index contributed by atoms with van der Waals surface area (Å²) in [5.41, 5.74) is 2.69. The van der Waals surface area contributed by atoms with E-state index < -0.39 is 63.5 Å². The number of anilines is 2. The summed E-state index contributed by atoms with van der Waals surface area (Å²) >= 11 is 0. The van der Waals surface area contributed by atoms with Gasteiger partial charge in [0.1, 0.15) is 35.5 Å². The van der Waals surface area contributed by atoms with E-state index in [0.717, 1.165) is 78.6 Å². The molecule has 5 aromatic rings. The van der Waals surface area contributed by atoms with E-state index in [1.807, 2.05) is 41.1 Å². The maximum atomic E-state index is 15.7. The van der Waals surface area contributed by atoms with Gasteiger partial charge in [0.15, 0.2) is 5.82 Å². The van der Waals surface area contributed by atoms with Crippen molar-refractivity contribution in [2.45, 2.75) is 75.8 Å². The molecular weight excluding hydrogens is 890 g/mol. The first kappa shape index (κ1) is 44.5. The minimum absolute atomic E-state index is 0.0000920. The molecule has 0 radical (unpaired) electrons. The highest BCUT2D eigenvalue weighted by Gasteiger charge is 2.40. The maximum Gasteiger partial charge on any atom is 0.301 e. The van der Waals surface area contributed by atoms with Gasteiger partial charge in [-0.15, -0.1) is 0 Å². The van der Waals surface area contributed by atoms with E-state index in [4.69, 9.17) is 4.74 Å². The Balaban J connectivity index is 0.708. The summed E-state index contributed by atoms with van der Waals surface area (Å²) in [5.74, 6) is -3.19. The summed E-state index contributed by atoms with van der Waals surface area (Å²) in [7, 11) is -2.18. The number of nitrogens with zero attached hydrogens (tertiary/aromatic N) is 5. The van der Waals surface area contributed by atoms with Gasteiger partial charge in [0.2, 0.25) is 17.6 Å². The maximum absolute atomic E-state index is 15.7. The third-order valence-corrected chi connectivity index (χ3v) is 15.5. The van der Waals surface area contributed by atoms with E-state index in [-0.39, 0.29) is 42.9 Å². The van der Waals surface area contributed by atoms with Crippen molar-refractivity contribution in [3.8, 4) is 16.9 Å². The molecule has 3 saturated heterocycles. The number of rotatable bonds is 13. The summed E-state index contributed by atoms with van der Waals surface area (Å²) in [5, 5.41) is 2.67. The Kier molecular flexibility index (Phi) is 11.8. The van der Waals surface area contributed by atoms with Crippen molar-refractivity contribution in [3.05, 3.63) is 107 Å². The number of alkyl halides is 1. The van der Waals surface area contributed by atoms with Gasteiger partial charge in [-0.25, -0.2) is 18.2 Å². The van der Waals surface area contributed by atoms with E-state index >= 15 is 8.78 Å². The van der Waals surface area contributed by atoms with Crippen LogP contribution >= 0.6 is 0 Å². The third kappa shape index (κ3) is 8.75. The van der Waals surface area contributed by atoms with Crippen LogP contribution in [-0.2, 0) is 26.3 Å². The van der Waals surface area contributed by atoms with Crippen molar-refractivity contribution in [1.29, 1.82) is 0 Å². The first-order valence-electron chi connectivity index (χ1n) is 22.6. The van der Waals surface area contributed by atoms with Crippen molar-refractivity contribution < 1.29 is 45.5 Å². The second kappa shape index (κ2) is 17.7. The lowest BCUT2D eigenvalue weighted by molar-refractivity contribution is -0.136. The number of carbonyl (C=O) groups is 4. The molecular formula is C48H49F3N8O7S. The van der Waals surface area contributed by atoms with E-state index in [2.05, 4.69) is 38.2 Å². The number of amides is 3. The van der Waals surface area contributed by atoms with Crippen molar-refractivity contribution >= 4 is 56.1 Å². The lowest BCUT2D eigenvalue weighted by Crippen LogP contribution is -2.52. The molecule has 1 aliphatic carbocycles. The zero-order valence-corrected chi connectivity index (χ0v) is 37.5. The number of carbonyl (C=O) groups excluding carboxylic acids is 4. The standard InChI is InChI=1S/C48H49F3N8O7S/c1-56(24-27-12-15-57(16-13-27)32-4-7-36-30(18-32)25-59(48(36)63)41-10-11-42(60)54-47(41)62)33-20-35(21-33)66-34-5-2-28(3-6-34)29-19-37-38(23-53-46(37)52-22-29)45(61)43-39(50)8-9-40(44(43)51)55-67(64,65)58-17-14-31(49)26-58/h2-9,18-19,22-23,27,31,33,35,41,55H,10-17,20-21,24-26H2,1H3,(H,52,53)(H,54,60,62)/t31-,33?,35?,41?/m1/s1. The Hall–Kier alpha value is -6.31. The quantitative estimate of drug-likeness (QED) is 0.0944. The Morgan fingerprint density at radius 3 is 2.46 bits per heavy atom. The van der Waals surface area contributed by atoms with E-state index in [0.29, 0.717) is 52.8 Å². The first-order valence-corrected chi connectivity index (χ1v) is 24.0. The average Bonchev–Trinajstić information content (AvgIpc) is 4.03. The fraction of sp³-hybridized carbons (Fsp3) is 0.396. The SMILES string of the molecule is CN(CC1CCN(c2ccc3c(c2)CN(C2CCC(=O)NC2=O)C3=O)CC1)C1CC(Oc2ccc(-c3cnc4[nH]cc(C(=O)c5c(F)ccc(NS(=O)(=O)N6CC[C@@H](F)C6)c5F)c4c3)cc2)C1. The number of nitrogens with one attached hydrogen (secondary N) is 3. The molecule has 2 atom stereocenters. The number of hydrogen-bond donors (Lipinski definition) is 3. The number of ether oxygens (including phenoxy) is 1. The highest BCUT2D eigenvalue weighted by molar-refractivity contribution is 7.90. The van der Waals surface area contributed by atoms with Crippen LogP contribution in [-0.4, -0.2) is 120 Å². The number of pyridine rings is 1. The van der Waals surface area contributed by atoms with Gasteiger partial charge in [-0.1, -0.05) is 12.1 Å². The van der Waals surface area contributed by atoms with Gasteiger partial charge in [-0.05, 0) is 98.3 Å². The number of aromatic nitrogens is 2. The summed E-state index contributed by atoms with van der Waals surface area (Å²) in [6.07, 6.45) is 6.11. The topological polar surface area (TPSA) is 177 Å². The molecule has 3 N–H and O–H groups in total. The Morgan fingerprint density at radius 2 is 1.73 bits per heavy atom. The van der Waals surface area contributed by atoms with Crippen molar-refractivity contribution in [2.24, 2.45) is 5.92 Å². The molecule has 3 amide bonds. The first-order chi connectivity index (χ1) is 32.2. The number of H-pyrrole nitrogens is 1. The average molecular weight is 939 g/mol. The highest BCUT2D eigenvalue weighted by Crippen LogP contribution is 2.36. The summed E-state index contributed by atoms with van der Waals surface area (Å²) in [4.78, 5) is 64.7. The zero-order chi connectivity index (χ0) is 46.7. The summed E-state index contributed by atoms with van der Waals surface area (Å²) in [6, 6.07) is 16.6. The van der Waals surface area contributed by atoms with Crippen LogP contribution in [0.5, 0.6) is 5.75 Å². The second-order valence-electron chi connectivity index (χ2n) is 18.3. The molecule has 0 bridgehead atoms. The molecule has 4 aliphatic heterocycles. The Labute approximate surface area is 384 Å². The van der Waals surface area contributed by atoms with Gasteiger partial charge < -0.3 is 24.4 Å². The summed E-state index contributed by atoms with van der Waals surface area (Å²) < 4.78 is 79.4. The van der Waals surface area contributed by atoms with Crippen LogP contribution in [0, 0.1) is 17.6 Å². The van der Waals surface area contributed by atoms with Crippen LogP contribution in [0.3, 0.4) is 0 Å².